The minimum Gasteiger partial charge on any atom is -0.493 e. The van der Waals surface area contributed by atoms with Crippen LogP contribution in [0.3, 0.4) is 0 Å². The number of aromatic nitrogens is 1. The van der Waals surface area contributed by atoms with E-state index in [9.17, 15) is 4.79 Å². The number of methoxy groups -OCH3 is 2. The Morgan fingerprint density at radius 2 is 1.92 bits per heavy atom. The van der Waals surface area contributed by atoms with Crippen LogP contribution in [0.2, 0.25) is 0 Å². The van der Waals surface area contributed by atoms with Gasteiger partial charge in [-0.15, -0.1) is 0 Å². The molecule has 8 heteroatoms. The SMILES string of the molecule is COc1cc2nc(NC(=O)[C@H]3COc4ccccc4O3)sc2cc1OC. The van der Waals surface area contributed by atoms with Crippen molar-refractivity contribution in [3.63, 3.8) is 0 Å². The number of nitrogens with zero attached hydrogens (tertiary/aromatic N) is 1. The standard InChI is InChI=1S/C18H16N2O5S/c1-22-13-7-10-16(8-14(13)23-2)26-18(19-10)20-17(21)15-9-24-11-5-3-4-6-12(11)25-15/h3-8,15H,9H2,1-2H3,(H,19,20,21)/t15-/m1/s1. The summed E-state index contributed by atoms with van der Waals surface area (Å²) < 4.78 is 22.7. The smallest absolute Gasteiger partial charge is 0.270 e. The number of carbonyl (C=O) groups is 1. The summed E-state index contributed by atoms with van der Waals surface area (Å²) >= 11 is 1.35. The average Bonchev–Trinajstić information content (AvgIpc) is 3.07. The first-order chi connectivity index (χ1) is 12.7. The average molecular weight is 372 g/mol. The molecule has 1 amide bonds. The summed E-state index contributed by atoms with van der Waals surface area (Å²) in [5, 5.41) is 3.26. The molecule has 2 aromatic carbocycles. The van der Waals surface area contributed by atoms with Crippen LogP contribution >= 0.6 is 11.3 Å². The largest absolute Gasteiger partial charge is 0.493 e. The first-order valence-electron chi connectivity index (χ1n) is 7.90. The van der Waals surface area contributed by atoms with Crippen LogP contribution in [0.15, 0.2) is 36.4 Å². The van der Waals surface area contributed by atoms with Gasteiger partial charge in [0.2, 0.25) is 6.10 Å². The molecule has 1 aromatic heterocycles. The molecule has 3 aromatic rings. The van der Waals surface area contributed by atoms with Gasteiger partial charge in [-0.05, 0) is 12.1 Å². The van der Waals surface area contributed by atoms with Gasteiger partial charge in [0, 0.05) is 12.1 Å². The van der Waals surface area contributed by atoms with Gasteiger partial charge < -0.3 is 18.9 Å². The summed E-state index contributed by atoms with van der Waals surface area (Å²) in [7, 11) is 3.14. The molecular formula is C18H16N2O5S. The quantitative estimate of drug-likeness (QED) is 0.758. The van der Waals surface area contributed by atoms with Crippen LogP contribution in [-0.4, -0.2) is 37.8 Å². The number of ether oxygens (including phenoxy) is 4. The highest BCUT2D eigenvalue weighted by molar-refractivity contribution is 7.22. The molecule has 26 heavy (non-hydrogen) atoms. The van der Waals surface area contributed by atoms with E-state index >= 15 is 0 Å². The minimum atomic E-state index is -0.735. The summed E-state index contributed by atoms with van der Waals surface area (Å²) in [5.74, 6) is 2.08. The van der Waals surface area contributed by atoms with Crippen LogP contribution in [0, 0.1) is 0 Å². The number of rotatable bonds is 4. The van der Waals surface area contributed by atoms with Crippen molar-refractivity contribution < 1.29 is 23.7 Å². The Balaban J connectivity index is 1.53. The minimum absolute atomic E-state index is 0.148. The number of hydrogen-bond acceptors (Lipinski definition) is 7. The molecule has 0 saturated heterocycles. The number of nitrogens with one attached hydrogen (secondary N) is 1. The fourth-order valence-electron chi connectivity index (χ4n) is 2.64. The maximum atomic E-state index is 12.5. The van der Waals surface area contributed by atoms with Gasteiger partial charge in [0.1, 0.15) is 6.61 Å². The molecule has 1 atom stereocenters. The number of amides is 1. The number of para-hydroxylation sites is 2. The van der Waals surface area contributed by atoms with Crippen LogP contribution in [0.5, 0.6) is 23.0 Å². The monoisotopic (exact) mass is 372 g/mol. The Hall–Kier alpha value is -3.00. The summed E-state index contributed by atoms with van der Waals surface area (Å²) in [6.45, 7) is 0.148. The highest BCUT2D eigenvalue weighted by atomic mass is 32.1. The van der Waals surface area contributed by atoms with Gasteiger partial charge in [-0.3, -0.25) is 10.1 Å². The van der Waals surface area contributed by atoms with E-state index in [1.807, 2.05) is 18.2 Å². The van der Waals surface area contributed by atoms with Crippen molar-refractivity contribution in [1.82, 2.24) is 4.98 Å². The van der Waals surface area contributed by atoms with Crippen molar-refractivity contribution in [3.05, 3.63) is 36.4 Å². The van der Waals surface area contributed by atoms with E-state index in [1.165, 1.54) is 11.3 Å². The lowest BCUT2D eigenvalue weighted by atomic mass is 10.2. The Morgan fingerprint density at radius 1 is 1.19 bits per heavy atom. The summed E-state index contributed by atoms with van der Waals surface area (Å²) in [4.78, 5) is 16.9. The fourth-order valence-corrected chi connectivity index (χ4v) is 3.52. The number of anilines is 1. The van der Waals surface area contributed by atoms with Gasteiger partial charge in [0.05, 0.1) is 24.4 Å². The second-order valence-corrected chi connectivity index (χ2v) is 6.58. The van der Waals surface area contributed by atoms with Crippen LogP contribution in [0.1, 0.15) is 0 Å². The number of hydrogen-bond donors (Lipinski definition) is 1. The maximum absolute atomic E-state index is 12.5. The first-order valence-corrected chi connectivity index (χ1v) is 8.71. The molecule has 2 heterocycles. The number of benzene rings is 2. The summed E-state index contributed by atoms with van der Waals surface area (Å²) in [5.41, 5.74) is 0.717. The topological polar surface area (TPSA) is 78.9 Å². The number of fused-ring (bicyclic) bond motifs is 2. The molecule has 1 aliphatic rings. The van der Waals surface area contributed by atoms with Gasteiger partial charge in [-0.1, -0.05) is 23.5 Å². The van der Waals surface area contributed by atoms with Crippen molar-refractivity contribution in [1.29, 1.82) is 0 Å². The molecule has 0 aliphatic carbocycles. The molecule has 0 bridgehead atoms. The molecule has 7 nitrogen and oxygen atoms in total. The van der Waals surface area contributed by atoms with E-state index in [4.69, 9.17) is 18.9 Å². The van der Waals surface area contributed by atoms with Crippen molar-refractivity contribution in [2.75, 3.05) is 26.1 Å². The fraction of sp³-hybridized carbons (Fsp3) is 0.222. The van der Waals surface area contributed by atoms with Gasteiger partial charge in [0.15, 0.2) is 28.1 Å². The van der Waals surface area contributed by atoms with Crippen LogP contribution in [0.4, 0.5) is 5.13 Å². The van der Waals surface area contributed by atoms with Gasteiger partial charge in [0.25, 0.3) is 5.91 Å². The number of thiazole rings is 1. The second-order valence-electron chi connectivity index (χ2n) is 5.55. The zero-order valence-electron chi connectivity index (χ0n) is 14.1. The van der Waals surface area contributed by atoms with E-state index < -0.39 is 6.10 Å². The zero-order chi connectivity index (χ0) is 18.1. The van der Waals surface area contributed by atoms with Gasteiger partial charge >= 0.3 is 0 Å². The molecule has 0 unspecified atom stereocenters. The third-order valence-corrected chi connectivity index (χ3v) is 4.86. The molecule has 0 saturated carbocycles. The third kappa shape index (κ3) is 2.99. The Labute approximate surface area is 153 Å². The van der Waals surface area contributed by atoms with Crippen molar-refractivity contribution >= 4 is 32.6 Å². The maximum Gasteiger partial charge on any atom is 0.270 e. The Kier molecular flexibility index (Phi) is 4.26. The molecule has 0 spiro atoms. The van der Waals surface area contributed by atoms with Crippen molar-refractivity contribution in [2.45, 2.75) is 6.10 Å². The zero-order valence-corrected chi connectivity index (χ0v) is 15.0. The predicted molar refractivity (Wildman–Crippen MR) is 97.7 cm³/mol. The molecule has 134 valence electrons. The van der Waals surface area contributed by atoms with Crippen LogP contribution in [-0.2, 0) is 4.79 Å². The predicted octanol–water partition coefficient (Wildman–Crippen LogP) is 3.09. The second kappa shape index (κ2) is 6.72. The molecule has 4 rings (SSSR count). The lowest BCUT2D eigenvalue weighted by Crippen LogP contribution is -2.40. The molecule has 1 N–H and O–H groups in total. The highest BCUT2D eigenvalue weighted by Crippen LogP contribution is 2.36. The lowest BCUT2D eigenvalue weighted by molar-refractivity contribution is -0.125. The van der Waals surface area contributed by atoms with E-state index in [1.54, 1.807) is 32.4 Å². The van der Waals surface area contributed by atoms with Gasteiger partial charge in [-0.25, -0.2) is 4.98 Å². The normalized spacial score (nSPS) is 15.5. The van der Waals surface area contributed by atoms with Crippen LogP contribution in [0.25, 0.3) is 10.2 Å². The third-order valence-electron chi connectivity index (χ3n) is 3.92. The van der Waals surface area contributed by atoms with Gasteiger partial charge in [-0.2, -0.15) is 0 Å². The molecular weight excluding hydrogens is 356 g/mol. The van der Waals surface area contributed by atoms with E-state index in [-0.39, 0.29) is 12.5 Å². The Morgan fingerprint density at radius 3 is 2.69 bits per heavy atom. The van der Waals surface area contributed by atoms with Crippen molar-refractivity contribution in [2.24, 2.45) is 0 Å². The van der Waals surface area contributed by atoms with E-state index in [0.29, 0.717) is 33.6 Å². The summed E-state index contributed by atoms with van der Waals surface area (Å²) in [6, 6.07) is 10.9. The Bertz CT molecular complexity index is 930. The van der Waals surface area contributed by atoms with Crippen molar-refractivity contribution in [3.8, 4) is 23.0 Å². The van der Waals surface area contributed by atoms with Crippen LogP contribution < -0.4 is 24.3 Å². The molecule has 0 radical (unpaired) electrons. The highest BCUT2D eigenvalue weighted by Gasteiger charge is 2.28. The molecule has 0 fully saturated rings. The lowest BCUT2D eigenvalue weighted by Gasteiger charge is -2.25. The van der Waals surface area contributed by atoms with E-state index in [0.717, 1.165) is 4.70 Å². The number of carbonyl (C=O) groups excluding carboxylic acids is 1. The van der Waals surface area contributed by atoms with E-state index in [2.05, 4.69) is 10.3 Å². The summed E-state index contributed by atoms with van der Waals surface area (Å²) in [6.07, 6.45) is -0.735. The first kappa shape index (κ1) is 16.5. The molecule has 1 aliphatic heterocycles.